The highest BCUT2D eigenvalue weighted by Gasteiger charge is 2.24. The molecule has 1 heterocycles. The van der Waals surface area contributed by atoms with Crippen LogP contribution in [-0.2, 0) is 4.74 Å². The van der Waals surface area contributed by atoms with Crippen molar-refractivity contribution in [3.05, 3.63) is 23.8 Å². The molecule has 2 atom stereocenters. The van der Waals surface area contributed by atoms with Crippen LogP contribution >= 0.6 is 0 Å². The van der Waals surface area contributed by atoms with Gasteiger partial charge < -0.3 is 24.6 Å². The van der Waals surface area contributed by atoms with Crippen molar-refractivity contribution in [2.45, 2.75) is 24.9 Å². The summed E-state index contributed by atoms with van der Waals surface area (Å²) in [6.45, 7) is 1.42. The minimum atomic E-state index is 0.132. The smallest absolute Gasteiger partial charge is 0.124 e. The maximum absolute atomic E-state index is 9.13. The van der Waals surface area contributed by atoms with Crippen LogP contribution in [0.1, 0.15) is 24.4 Å². The molecule has 2 N–H and O–H groups in total. The van der Waals surface area contributed by atoms with E-state index < -0.39 is 0 Å². The predicted molar refractivity (Wildman–Crippen MR) is 76.3 cm³/mol. The van der Waals surface area contributed by atoms with E-state index >= 15 is 0 Å². The first-order valence-electron chi connectivity index (χ1n) is 6.95. The Bertz CT molecular complexity index is 418. The number of rotatable bonds is 7. The van der Waals surface area contributed by atoms with Crippen molar-refractivity contribution in [1.82, 2.24) is 5.32 Å². The van der Waals surface area contributed by atoms with Gasteiger partial charge in [-0.3, -0.25) is 0 Å². The molecule has 1 aliphatic rings. The zero-order valence-electron chi connectivity index (χ0n) is 12.1. The van der Waals surface area contributed by atoms with Gasteiger partial charge in [-0.1, -0.05) is 0 Å². The van der Waals surface area contributed by atoms with Gasteiger partial charge in [0.1, 0.15) is 11.5 Å². The van der Waals surface area contributed by atoms with Crippen LogP contribution < -0.4 is 14.8 Å². The van der Waals surface area contributed by atoms with Gasteiger partial charge in [-0.2, -0.15) is 0 Å². The molecule has 0 saturated heterocycles. The molecule has 0 radical (unpaired) electrons. The van der Waals surface area contributed by atoms with Gasteiger partial charge in [0.05, 0.1) is 20.3 Å². The van der Waals surface area contributed by atoms with Gasteiger partial charge in [-0.05, 0) is 24.6 Å². The molecule has 0 aromatic heterocycles. The standard InChI is InChI=1S/C15H23NO4/c1-18-10-11(5-7-17)16-14-6-8-20-15-4-3-12(19-2)9-13(14)15/h3-4,9,11,14,16-17H,5-8,10H2,1-2H3. The number of ether oxygens (including phenoxy) is 3. The molecule has 0 aliphatic carbocycles. The van der Waals surface area contributed by atoms with Crippen molar-refractivity contribution in [1.29, 1.82) is 0 Å². The summed E-state index contributed by atoms with van der Waals surface area (Å²) < 4.78 is 16.2. The van der Waals surface area contributed by atoms with E-state index in [1.807, 2.05) is 18.2 Å². The molecule has 2 rings (SSSR count). The molecular weight excluding hydrogens is 258 g/mol. The maximum atomic E-state index is 9.13. The predicted octanol–water partition coefficient (Wildman–Crippen LogP) is 1.51. The average Bonchev–Trinajstić information content (AvgIpc) is 2.47. The summed E-state index contributed by atoms with van der Waals surface area (Å²) in [5.74, 6) is 1.72. The second kappa shape index (κ2) is 7.47. The number of nitrogens with one attached hydrogen (secondary N) is 1. The lowest BCUT2D eigenvalue weighted by Gasteiger charge is -2.30. The van der Waals surface area contributed by atoms with E-state index in [9.17, 15) is 0 Å². The van der Waals surface area contributed by atoms with Gasteiger partial charge in [0.25, 0.3) is 0 Å². The number of hydrogen-bond acceptors (Lipinski definition) is 5. The first-order chi connectivity index (χ1) is 9.78. The molecule has 5 nitrogen and oxygen atoms in total. The van der Waals surface area contributed by atoms with Crippen LogP contribution in [0.25, 0.3) is 0 Å². The fourth-order valence-corrected chi connectivity index (χ4v) is 2.53. The molecule has 112 valence electrons. The second-order valence-corrected chi connectivity index (χ2v) is 4.92. The lowest BCUT2D eigenvalue weighted by Crippen LogP contribution is -2.39. The molecule has 0 amide bonds. The third kappa shape index (κ3) is 3.62. The SMILES string of the molecule is COCC(CCO)NC1CCOc2ccc(OC)cc21. The van der Waals surface area contributed by atoms with Crippen LogP contribution in [0.15, 0.2) is 18.2 Å². The third-order valence-corrected chi connectivity index (χ3v) is 3.54. The summed E-state index contributed by atoms with van der Waals surface area (Å²) in [4.78, 5) is 0. The van der Waals surface area contributed by atoms with Crippen molar-refractivity contribution < 1.29 is 19.3 Å². The van der Waals surface area contributed by atoms with Gasteiger partial charge in [-0.25, -0.2) is 0 Å². The Balaban J connectivity index is 2.13. The number of methoxy groups -OCH3 is 2. The molecule has 2 unspecified atom stereocenters. The van der Waals surface area contributed by atoms with Crippen molar-refractivity contribution in [2.75, 3.05) is 34.0 Å². The lowest BCUT2D eigenvalue weighted by atomic mass is 9.99. The quantitative estimate of drug-likeness (QED) is 0.793. The fraction of sp³-hybridized carbons (Fsp3) is 0.600. The Morgan fingerprint density at radius 3 is 3.00 bits per heavy atom. The Morgan fingerprint density at radius 1 is 1.45 bits per heavy atom. The third-order valence-electron chi connectivity index (χ3n) is 3.54. The maximum Gasteiger partial charge on any atom is 0.124 e. The monoisotopic (exact) mass is 281 g/mol. The van der Waals surface area contributed by atoms with E-state index in [2.05, 4.69) is 5.32 Å². The van der Waals surface area contributed by atoms with Crippen LogP contribution in [-0.4, -0.2) is 45.2 Å². The second-order valence-electron chi connectivity index (χ2n) is 4.92. The summed E-state index contributed by atoms with van der Waals surface area (Å²) in [5, 5.41) is 12.7. The largest absolute Gasteiger partial charge is 0.497 e. The molecular formula is C15H23NO4. The van der Waals surface area contributed by atoms with E-state index in [-0.39, 0.29) is 18.7 Å². The van der Waals surface area contributed by atoms with Crippen molar-refractivity contribution in [3.63, 3.8) is 0 Å². The Hall–Kier alpha value is -1.30. The Kier molecular flexibility index (Phi) is 5.64. The molecule has 0 bridgehead atoms. The minimum absolute atomic E-state index is 0.132. The number of fused-ring (bicyclic) bond motifs is 1. The summed E-state index contributed by atoms with van der Waals surface area (Å²) in [5.41, 5.74) is 1.11. The van der Waals surface area contributed by atoms with Gasteiger partial charge in [0, 0.05) is 37.8 Å². The molecule has 0 fully saturated rings. The number of aliphatic hydroxyl groups excluding tert-OH is 1. The Labute approximate surface area is 119 Å². The van der Waals surface area contributed by atoms with Gasteiger partial charge in [-0.15, -0.1) is 0 Å². The molecule has 20 heavy (non-hydrogen) atoms. The van der Waals surface area contributed by atoms with Crippen molar-refractivity contribution >= 4 is 0 Å². The molecule has 1 aromatic carbocycles. The highest BCUT2D eigenvalue weighted by molar-refractivity contribution is 5.43. The summed E-state index contributed by atoms with van der Waals surface area (Å²) >= 11 is 0. The molecule has 1 aromatic rings. The fourth-order valence-electron chi connectivity index (χ4n) is 2.53. The van der Waals surface area contributed by atoms with Gasteiger partial charge in [0.2, 0.25) is 0 Å². The van der Waals surface area contributed by atoms with Crippen LogP contribution in [0.4, 0.5) is 0 Å². The molecule has 0 saturated carbocycles. The first-order valence-corrected chi connectivity index (χ1v) is 6.95. The van der Waals surface area contributed by atoms with E-state index in [1.54, 1.807) is 14.2 Å². The van der Waals surface area contributed by atoms with E-state index in [0.29, 0.717) is 19.6 Å². The summed E-state index contributed by atoms with van der Waals surface area (Å²) in [7, 11) is 3.33. The Morgan fingerprint density at radius 2 is 2.30 bits per heavy atom. The average molecular weight is 281 g/mol. The molecule has 5 heteroatoms. The summed E-state index contributed by atoms with van der Waals surface area (Å²) in [6.07, 6.45) is 1.57. The van der Waals surface area contributed by atoms with E-state index in [0.717, 1.165) is 23.5 Å². The van der Waals surface area contributed by atoms with Crippen LogP contribution in [0, 0.1) is 0 Å². The topological polar surface area (TPSA) is 60.0 Å². The van der Waals surface area contributed by atoms with E-state index in [4.69, 9.17) is 19.3 Å². The van der Waals surface area contributed by atoms with Crippen LogP contribution in [0.3, 0.4) is 0 Å². The summed E-state index contributed by atoms with van der Waals surface area (Å²) in [6, 6.07) is 6.18. The van der Waals surface area contributed by atoms with Gasteiger partial charge in [0.15, 0.2) is 0 Å². The normalized spacial score (nSPS) is 19.1. The van der Waals surface area contributed by atoms with Crippen molar-refractivity contribution in [3.8, 4) is 11.5 Å². The minimum Gasteiger partial charge on any atom is -0.497 e. The number of benzene rings is 1. The highest BCUT2D eigenvalue weighted by Crippen LogP contribution is 2.35. The zero-order chi connectivity index (χ0) is 14.4. The molecule has 0 spiro atoms. The number of aliphatic hydroxyl groups is 1. The van der Waals surface area contributed by atoms with Gasteiger partial charge >= 0.3 is 0 Å². The van der Waals surface area contributed by atoms with E-state index in [1.165, 1.54) is 0 Å². The van der Waals surface area contributed by atoms with Crippen LogP contribution in [0.2, 0.25) is 0 Å². The zero-order valence-corrected chi connectivity index (χ0v) is 12.1. The number of hydrogen-bond donors (Lipinski definition) is 2. The highest BCUT2D eigenvalue weighted by atomic mass is 16.5. The van der Waals surface area contributed by atoms with Crippen molar-refractivity contribution in [2.24, 2.45) is 0 Å². The molecule has 1 aliphatic heterocycles. The lowest BCUT2D eigenvalue weighted by molar-refractivity contribution is 0.135. The van der Waals surface area contributed by atoms with Crippen LogP contribution in [0.5, 0.6) is 11.5 Å². The first kappa shape index (κ1) is 15.1.